The molecule has 0 fully saturated rings. The number of carbonyl (C=O) groups is 2. The number of hydrogen-bond acceptors (Lipinski definition) is 8. The van der Waals surface area contributed by atoms with E-state index in [0.29, 0.717) is 13.1 Å². The van der Waals surface area contributed by atoms with E-state index in [9.17, 15) is 26.4 Å². The summed E-state index contributed by atoms with van der Waals surface area (Å²) >= 11 is 0. The van der Waals surface area contributed by atoms with Gasteiger partial charge >= 0.3 is 0 Å². The second-order valence-corrected chi connectivity index (χ2v) is 14.8. The summed E-state index contributed by atoms with van der Waals surface area (Å²) < 4.78 is 73.2. The van der Waals surface area contributed by atoms with E-state index in [2.05, 4.69) is 47.0 Å². The SMILES string of the molecule is COc1ccc2cccc(CCNC(C)=O)c2c1.COc1ccc2cccc(CCNC(C)=O)c2c1.O=S(=O)(O)c1cccc2c(S(=O)(=O)O)cccc12. The standard InChI is InChI=1S/2C15H17NO2.C10H8O6S2/c2*1-11(17)16-9-8-13-5-3-4-12-6-7-14(18-2)10-15(12)13;11-17(12,13)9-5-1-3-7-8(9)4-2-6-10(7)18(14,15)16/h2*3-7,10H,8-9H2,1-2H3,(H,16,17);1-6H,(H,11,12,13)(H,14,15,16). The van der Waals surface area contributed by atoms with Gasteiger partial charge in [-0.15, -0.1) is 0 Å². The van der Waals surface area contributed by atoms with E-state index in [1.165, 1.54) is 70.8 Å². The van der Waals surface area contributed by atoms with E-state index in [-0.39, 0.29) is 22.6 Å². The van der Waals surface area contributed by atoms with Gasteiger partial charge in [0.25, 0.3) is 20.2 Å². The maximum absolute atomic E-state index is 11.2. The summed E-state index contributed by atoms with van der Waals surface area (Å²) in [4.78, 5) is 20.9. The molecule has 0 radical (unpaired) electrons. The summed E-state index contributed by atoms with van der Waals surface area (Å²) in [5.74, 6) is 1.73. The van der Waals surface area contributed by atoms with Crippen LogP contribution in [0.25, 0.3) is 32.3 Å². The second-order valence-electron chi connectivity index (χ2n) is 12.0. The number of fused-ring (bicyclic) bond motifs is 3. The van der Waals surface area contributed by atoms with Gasteiger partial charge in [-0.05, 0) is 81.9 Å². The predicted molar refractivity (Wildman–Crippen MR) is 209 cm³/mol. The van der Waals surface area contributed by atoms with Crippen molar-refractivity contribution in [1.29, 1.82) is 0 Å². The Morgan fingerprint density at radius 1 is 0.537 bits per heavy atom. The molecule has 0 saturated carbocycles. The maximum atomic E-state index is 11.2. The zero-order valence-corrected chi connectivity index (χ0v) is 31.8. The normalized spacial score (nSPS) is 11.1. The summed E-state index contributed by atoms with van der Waals surface area (Å²) in [5.41, 5.74) is 2.44. The molecule has 0 atom stereocenters. The number of amides is 2. The van der Waals surface area contributed by atoms with Gasteiger partial charge in [-0.2, -0.15) is 16.8 Å². The molecule has 0 saturated heterocycles. The smallest absolute Gasteiger partial charge is 0.295 e. The summed E-state index contributed by atoms with van der Waals surface area (Å²) in [7, 11) is -5.60. The molecule has 0 aliphatic heterocycles. The zero-order chi connectivity index (χ0) is 39.5. The first-order chi connectivity index (χ1) is 25.6. The van der Waals surface area contributed by atoms with E-state index in [1.54, 1.807) is 14.2 Å². The molecule has 284 valence electrons. The Morgan fingerprint density at radius 3 is 1.24 bits per heavy atom. The average Bonchev–Trinajstić information content (AvgIpc) is 3.13. The number of methoxy groups -OCH3 is 2. The Bertz CT molecular complexity index is 2330. The van der Waals surface area contributed by atoms with Crippen molar-refractivity contribution in [3.8, 4) is 11.5 Å². The third kappa shape index (κ3) is 11.2. The predicted octanol–water partition coefficient (Wildman–Crippen LogP) is 6.39. The fraction of sp³-hybridized carbons (Fsp3) is 0.200. The Labute approximate surface area is 314 Å². The van der Waals surface area contributed by atoms with Gasteiger partial charge < -0.3 is 20.1 Å². The van der Waals surface area contributed by atoms with Gasteiger partial charge in [0.1, 0.15) is 21.3 Å². The van der Waals surface area contributed by atoms with Crippen molar-refractivity contribution in [2.24, 2.45) is 0 Å². The lowest BCUT2D eigenvalue weighted by Gasteiger charge is -2.08. The van der Waals surface area contributed by atoms with Gasteiger partial charge in [-0.1, -0.05) is 72.8 Å². The van der Waals surface area contributed by atoms with Crippen LogP contribution in [0.3, 0.4) is 0 Å². The molecule has 6 rings (SSSR count). The minimum absolute atomic E-state index is 0.00724. The van der Waals surface area contributed by atoms with Crippen LogP contribution < -0.4 is 20.1 Å². The molecule has 6 aromatic carbocycles. The number of benzene rings is 6. The molecule has 54 heavy (non-hydrogen) atoms. The van der Waals surface area contributed by atoms with Crippen LogP contribution in [0.1, 0.15) is 25.0 Å². The maximum Gasteiger partial charge on any atom is 0.295 e. The average molecular weight is 775 g/mol. The lowest BCUT2D eigenvalue weighted by Crippen LogP contribution is -2.22. The van der Waals surface area contributed by atoms with Crippen LogP contribution in [-0.2, 0) is 42.7 Å². The molecule has 0 unspecified atom stereocenters. The van der Waals surface area contributed by atoms with Gasteiger partial charge in [0.05, 0.1) is 14.2 Å². The van der Waals surface area contributed by atoms with E-state index >= 15 is 0 Å². The molecule has 0 heterocycles. The number of rotatable bonds is 10. The number of ether oxygens (including phenoxy) is 2. The molecule has 0 aliphatic rings. The first kappa shape index (κ1) is 41.2. The van der Waals surface area contributed by atoms with Gasteiger partial charge in [-0.3, -0.25) is 18.7 Å². The fourth-order valence-corrected chi connectivity index (χ4v) is 7.18. The highest BCUT2D eigenvalue weighted by Crippen LogP contribution is 2.28. The van der Waals surface area contributed by atoms with E-state index < -0.39 is 30.0 Å². The molecule has 6 aromatic rings. The van der Waals surface area contributed by atoms with Gasteiger partial charge in [-0.25, -0.2) is 0 Å². The first-order valence-electron chi connectivity index (χ1n) is 16.7. The highest BCUT2D eigenvalue weighted by atomic mass is 32.2. The molecule has 12 nitrogen and oxygen atoms in total. The molecule has 14 heteroatoms. The van der Waals surface area contributed by atoms with Gasteiger partial charge in [0, 0.05) is 37.7 Å². The minimum atomic E-state index is -4.47. The van der Waals surface area contributed by atoms with Gasteiger partial charge in [0.15, 0.2) is 0 Å². The van der Waals surface area contributed by atoms with E-state index in [1.807, 2.05) is 36.4 Å². The Balaban J connectivity index is 0.000000180. The number of carbonyl (C=O) groups excluding carboxylic acids is 2. The van der Waals surface area contributed by atoms with Crippen molar-refractivity contribution >= 4 is 64.4 Å². The monoisotopic (exact) mass is 774 g/mol. The molecular formula is C40H42N2O10S2. The van der Waals surface area contributed by atoms with E-state index in [0.717, 1.165) is 36.5 Å². The third-order valence-electron chi connectivity index (χ3n) is 8.29. The van der Waals surface area contributed by atoms with E-state index in [4.69, 9.17) is 18.6 Å². The van der Waals surface area contributed by atoms with Crippen molar-refractivity contribution in [3.05, 3.63) is 120 Å². The molecule has 4 N–H and O–H groups in total. The highest BCUT2D eigenvalue weighted by Gasteiger charge is 2.19. The minimum Gasteiger partial charge on any atom is -0.497 e. The van der Waals surface area contributed by atoms with Crippen molar-refractivity contribution < 1.29 is 45.0 Å². The summed E-state index contributed by atoms with van der Waals surface area (Å²) in [6.07, 6.45) is 1.65. The summed E-state index contributed by atoms with van der Waals surface area (Å²) in [6.45, 7) is 4.38. The Hall–Kier alpha value is -5.54. The number of nitrogens with one attached hydrogen (secondary N) is 2. The molecular weight excluding hydrogens is 733 g/mol. The van der Waals surface area contributed by atoms with Crippen LogP contribution in [0.15, 0.2) is 119 Å². The Morgan fingerprint density at radius 2 is 0.907 bits per heavy atom. The van der Waals surface area contributed by atoms with Crippen LogP contribution >= 0.6 is 0 Å². The molecule has 0 aromatic heterocycles. The van der Waals surface area contributed by atoms with Crippen LogP contribution in [0.5, 0.6) is 11.5 Å². The first-order valence-corrected chi connectivity index (χ1v) is 19.6. The topological polar surface area (TPSA) is 185 Å². The van der Waals surface area contributed by atoms with Crippen LogP contribution in [-0.4, -0.2) is 65.1 Å². The molecule has 0 aliphatic carbocycles. The van der Waals surface area contributed by atoms with Crippen LogP contribution in [0.4, 0.5) is 0 Å². The largest absolute Gasteiger partial charge is 0.497 e. The number of hydrogen-bond donors (Lipinski definition) is 4. The highest BCUT2D eigenvalue weighted by molar-refractivity contribution is 7.86. The van der Waals surface area contributed by atoms with Crippen molar-refractivity contribution in [2.45, 2.75) is 36.5 Å². The van der Waals surface area contributed by atoms with Crippen molar-refractivity contribution in [1.82, 2.24) is 10.6 Å². The quantitative estimate of drug-likeness (QED) is 0.114. The summed E-state index contributed by atoms with van der Waals surface area (Å²) in [5, 5.41) is 10.4. The molecule has 0 spiro atoms. The third-order valence-corrected chi connectivity index (χ3v) is 10.1. The van der Waals surface area contributed by atoms with Crippen LogP contribution in [0, 0.1) is 0 Å². The van der Waals surface area contributed by atoms with Crippen molar-refractivity contribution in [2.75, 3.05) is 27.3 Å². The van der Waals surface area contributed by atoms with Crippen molar-refractivity contribution in [3.63, 3.8) is 0 Å². The Kier molecular flexibility index (Phi) is 14.1. The lowest BCUT2D eigenvalue weighted by molar-refractivity contribution is -0.119. The molecule has 2 amide bonds. The second kappa shape index (κ2) is 18.5. The summed E-state index contributed by atoms with van der Waals surface area (Å²) in [6, 6.07) is 32.0. The van der Waals surface area contributed by atoms with Crippen LogP contribution in [0.2, 0.25) is 0 Å². The molecule has 0 bridgehead atoms. The van der Waals surface area contributed by atoms with Gasteiger partial charge in [0.2, 0.25) is 11.8 Å². The fourth-order valence-electron chi connectivity index (χ4n) is 5.77. The lowest BCUT2D eigenvalue weighted by atomic mass is 10.0. The zero-order valence-electron chi connectivity index (χ0n) is 30.2.